The van der Waals surface area contributed by atoms with Gasteiger partial charge < -0.3 is 0 Å². The zero-order valence-corrected chi connectivity index (χ0v) is 9.39. The third-order valence-electron chi connectivity index (χ3n) is 1.52. The summed E-state index contributed by atoms with van der Waals surface area (Å²) in [6.45, 7) is 6.14. The van der Waals surface area contributed by atoms with Crippen LogP contribution in [0.5, 0.6) is 0 Å². The first kappa shape index (κ1) is 9.83. The Balaban J connectivity index is 3.19. The van der Waals surface area contributed by atoms with Gasteiger partial charge in [-0.3, -0.25) is 0 Å². The van der Waals surface area contributed by atoms with Gasteiger partial charge in [-0.05, 0) is 28.0 Å². The van der Waals surface area contributed by atoms with Crippen molar-refractivity contribution in [2.75, 3.05) is 0 Å². The van der Waals surface area contributed by atoms with Gasteiger partial charge in [-0.25, -0.2) is 4.98 Å². The lowest BCUT2D eigenvalue weighted by Gasteiger charge is -2.18. The average Bonchev–Trinajstić information content (AvgIpc) is 1.83. The van der Waals surface area contributed by atoms with Crippen LogP contribution in [0, 0.1) is 9.78 Å². The number of rotatable bonds is 0. The van der Waals surface area contributed by atoms with Crippen LogP contribution in [0.4, 0.5) is 4.39 Å². The zero-order chi connectivity index (χ0) is 9.35. The van der Waals surface area contributed by atoms with Crippen molar-refractivity contribution in [1.82, 2.24) is 9.97 Å². The van der Waals surface area contributed by atoms with Gasteiger partial charge in [-0.1, -0.05) is 20.8 Å². The van der Waals surface area contributed by atoms with Crippen LogP contribution in [0.3, 0.4) is 0 Å². The summed E-state index contributed by atoms with van der Waals surface area (Å²) in [5, 5.41) is 0. The van der Waals surface area contributed by atoms with Gasteiger partial charge in [-0.15, -0.1) is 0 Å². The lowest BCUT2D eigenvalue weighted by molar-refractivity contribution is 0.515. The second kappa shape index (κ2) is 3.24. The molecule has 12 heavy (non-hydrogen) atoms. The Morgan fingerprint density at radius 2 is 2.00 bits per heavy atom. The highest BCUT2D eigenvalue weighted by Crippen LogP contribution is 2.24. The minimum Gasteiger partial charge on any atom is -0.210 e. The molecule has 0 saturated carbocycles. The molecule has 1 heterocycles. The summed E-state index contributed by atoms with van der Waals surface area (Å²) < 4.78 is 13.2. The largest absolute Gasteiger partial charge is 0.309 e. The molecule has 0 bridgehead atoms. The average molecular weight is 280 g/mol. The Bertz CT molecular complexity index is 294. The Kier molecular flexibility index (Phi) is 2.65. The van der Waals surface area contributed by atoms with E-state index in [1.807, 2.05) is 43.4 Å². The molecule has 0 aliphatic carbocycles. The van der Waals surface area contributed by atoms with Crippen molar-refractivity contribution in [2.45, 2.75) is 26.2 Å². The standard InChI is InChI=1S/C8H10FIN2/c1-8(2,3)5-4-11-7(9)12-6(5)10/h4H,1-3H3. The Morgan fingerprint density at radius 1 is 1.42 bits per heavy atom. The Labute approximate surface area is 84.8 Å². The van der Waals surface area contributed by atoms with Crippen molar-refractivity contribution in [3.05, 3.63) is 21.5 Å². The highest BCUT2D eigenvalue weighted by molar-refractivity contribution is 14.1. The van der Waals surface area contributed by atoms with Crippen LogP contribution < -0.4 is 0 Å². The Morgan fingerprint density at radius 3 is 2.42 bits per heavy atom. The van der Waals surface area contributed by atoms with Crippen LogP contribution >= 0.6 is 22.6 Å². The number of halogens is 2. The van der Waals surface area contributed by atoms with E-state index in [4.69, 9.17) is 0 Å². The van der Waals surface area contributed by atoms with Crippen molar-refractivity contribution >= 4 is 22.6 Å². The van der Waals surface area contributed by atoms with E-state index in [1.165, 1.54) is 0 Å². The smallest absolute Gasteiger partial charge is 0.210 e. The van der Waals surface area contributed by atoms with Crippen LogP contribution in [0.15, 0.2) is 6.20 Å². The van der Waals surface area contributed by atoms with Gasteiger partial charge in [0, 0.05) is 11.8 Å². The fraction of sp³-hybridized carbons (Fsp3) is 0.500. The molecule has 0 fully saturated rings. The third-order valence-corrected chi connectivity index (χ3v) is 2.34. The maximum Gasteiger partial charge on any atom is 0.309 e. The predicted molar refractivity (Wildman–Crippen MR) is 53.4 cm³/mol. The van der Waals surface area contributed by atoms with Gasteiger partial charge >= 0.3 is 6.08 Å². The van der Waals surface area contributed by atoms with E-state index in [2.05, 4.69) is 9.97 Å². The molecule has 1 aromatic heterocycles. The maximum absolute atomic E-state index is 12.5. The van der Waals surface area contributed by atoms with Gasteiger partial charge in [0.15, 0.2) is 0 Å². The SMILES string of the molecule is CC(C)(C)c1cnc(F)nc1I. The minimum absolute atomic E-state index is 0.0236. The molecular weight excluding hydrogens is 270 g/mol. The molecule has 2 nitrogen and oxygen atoms in total. The van der Waals surface area contributed by atoms with Crippen molar-refractivity contribution in [3.8, 4) is 0 Å². The molecule has 0 aromatic carbocycles. The first-order chi connectivity index (χ1) is 5.41. The molecule has 0 aliphatic heterocycles. The van der Waals surface area contributed by atoms with Gasteiger partial charge in [-0.2, -0.15) is 9.37 Å². The molecule has 0 N–H and O–H groups in total. The molecule has 0 amide bonds. The van der Waals surface area contributed by atoms with Crippen LogP contribution in [-0.2, 0) is 5.41 Å². The molecule has 66 valence electrons. The number of aromatic nitrogens is 2. The van der Waals surface area contributed by atoms with Gasteiger partial charge in [0.2, 0.25) is 0 Å². The van der Waals surface area contributed by atoms with Crippen molar-refractivity contribution in [3.63, 3.8) is 0 Å². The predicted octanol–water partition coefficient (Wildman–Crippen LogP) is 2.52. The van der Waals surface area contributed by atoms with Crippen molar-refractivity contribution < 1.29 is 4.39 Å². The van der Waals surface area contributed by atoms with Gasteiger partial charge in [0.05, 0.1) is 0 Å². The van der Waals surface area contributed by atoms with Crippen molar-refractivity contribution in [1.29, 1.82) is 0 Å². The zero-order valence-electron chi connectivity index (χ0n) is 7.23. The van der Waals surface area contributed by atoms with E-state index in [9.17, 15) is 4.39 Å². The lowest BCUT2D eigenvalue weighted by atomic mass is 9.89. The van der Waals surface area contributed by atoms with E-state index in [1.54, 1.807) is 6.20 Å². The summed E-state index contributed by atoms with van der Waals surface area (Å²) in [7, 11) is 0. The lowest BCUT2D eigenvalue weighted by Crippen LogP contribution is -2.15. The number of hydrogen-bond donors (Lipinski definition) is 0. The molecule has 4 heteroatoms. The molecule has 0 unspecified atom stereocenters. The van der Waals surface area contributed by atoms with Crippen molar-refractivity contribution in [2.24, 2.45) is 0 Å². The van der Waals surface area contributed by atoms with Gasteiger partial charge in [0.1, 0.15) is 3.70 Å². The van der Waals surface area contributed by atoms with Crippen LogP contribution in [0.1, 0.15) is 26.3 Å². The van der Waals surface area contributed by atoms with Gasteiger partial charge in [0.25, 0.3) is 0 Å². The van der Waals surface area contributed by atoms with Crippen LogP contribution in [0.2, 0.25) is 0 Å². The summed E-state index contributed by atoms with van der Waals surface area (Å²) in [5.74, 6) is 0. The molecule has 1 aromatic rings. The van der Waals surface area contributed by atoms with Crippen LogP contribution in [-0.4, -0.2) is 9.97 Å². The fourth-order valence-electron chi connectivity index (χ4n) is 0.844. The maximum atomic E-state index is 12.5. The molecule has 0 saturated heterocycles. The third kappa shape index (κ3) is 2.12. The van der Waals surface area contributed by atoms with E-state index in [-0.39, 0.29) is 5.41 Å². The van der Waals surface area contributed by atoms with Crippen LogP contribution in [0.25, 0.3) is 0 Å². The highest BCUT2D eigenvalue weighted by atomic mass is 127. The summed E-state index contributed by atoms with van der Waals surface area (Å²) in [4.78, 5) is 7.17. The molecule has 0 atom stereocenters. The monoisotopic (exact) mass is 280 g/mol. The summed E-state index contributed by atoms with van der Waals surface area (Å²) >= 11 is 2.02. The molecule has 1 rings (SSSR count). The van der Waals surface area contributed by atoms with E-state index < -0.39 is 6.08 Å². The molecule has 0 spiro atoms. The first-order valence-electron chi connectivity index (χ1n) is 3.60. The Hall–Kier alpha value is -0.260. The number of hydrogen-bond acceptors (Lipinski definition) is 2. The molecule has 0 aliphatic rings. The summed E-state index contributed by atoms with van der Waals surface area (Å²) in [6.07, 6.45) is 0.886. The quantitative estimate of drug-likeness (QED) is 0.414. The minimum atomic E-state index is -0.660. The molecular formula is C8H10FIN2. The fourth-order valence-corrected chi connectivity index (χ4v) is 1.99. The normalized spacial score (nSPS) is 11.8. The second-order valence-electron chi connectivity index (χ2n) is 3.59. The first-order valence-corrected chi connectivity index (χ1v) is 4.67. The van der Waals surface area contributed by atoms with E-state index in [0.717, 1.165) is 5.56 Å². The summed E-state index contributed by atoms with van der Waals surface area (Å²) in [6, 6.07) is 0. The number of nitrogens with zero attached hydrogens (tertiary/aromatic N) is 2. The second-order valence-corrected chi connectivity index (χ2v) is 4.62. The van der Waals surface area contributed by atoms with E-state index >= 15 is 0 Å². The molecule has 0 radical (unpaired) electrons. The highest BCUT2D eigenvalue weighted by Gasteiger charge is 2.18. The van der Waals surface area contributed by atoms with E-state index in [0.29, 0.717) is 3.70 Å². The summed E-state index contributed by atoms with van der Waals surface area (Å²) in [5.41, 5.74) is 0.953. The topological polar surface area (TPSA) is 25.8 Å².